The van der Waals surface area contributed by atoms with Crippen molar-refractivity contribution in [1.82, 2.24) is 40.8 Å². The van der Waals surface area contributed by atoms with Gasteiger partial charge in [0.05, 0.1) is 13.2 Å². The lowest BCUT2D eigenvalue weighted by atomic mass is 10.0. The summed E-state index contributed by atoms with van der Waals surface area (Å²) in [5, 5.41) is 31.3. The van der Waals surface area contributed by atoms with Crippen LogP contribution in [0.1, 0.15) is 76.7 Å². The fourth-order valence-corrected chi connectivity index (χ4v) is 8.24. The Kier molecular flexibility index (Phi) is 10.1. The molecular formula is C36H44N8O6S. The van der Waals surface area contributed by atoms with E-state index in [1.807, 2.05) is 41.8 Å². The van der Waals surface area contributed by atoms with Crippen molar-refractivity contribution in [2.75, 3.05) is 13.7 Å². The molecule has 4 amide bonds. The van der Waals surface area contributed by atoms with Crippen LogP contribution in [0, 0.1) is 5.92 Å². The summed E-state index contributed by atoms with van der Waals surface area (Å²) in [6.45, 7) is 0.0940. The summed E-state index contributed by atoms with van der Waals surface area (Å²) in [7, 11) is 1.60. The van der Waals surface area contributed by atoms with Gasteiger partial charge in [-0.15, -0.1) is 16.4 Å². The van der Waals surface area contributed by atoms with Gasteiger partial charge < -0.3 is 30.7 Å². The molecule has 4 N–H and O–H groups in total. The molecule has 15 heteroatoms. The lowest BCUT2D eigenvalue weighted by Gasteiger charge is -2.30. The third kappa shape index (κ3) is 7.34. The number of allylic oxidation sites excluding steroid dienone is 1. The first kappa shape index (κ1) is 34.6. The molecule has 1 saturated heterocycles. The topological polar surface area (TPSA) is 181 Å². The highest BCUT2D eigenvalue weighted by Gasteiger charge is 2.61. The van der Waals surface area contributed by atoms with Crippen molar-refractivity contribution < 1.29 is 29.0 Å². The van der Waals surface area contributed by atoms with Gasteiger partial charge in [0.15, 0.2) is 0 Å². The van der Waals surface area contributed by atoms with E-state index in [2.05, 4.69) is 20.9 Å². The number of fused-ring (bicyclic) bond motifs is 2. The summed E-state index contributed by atoms with van der Waals surface area (Å²) in [5.41, 5.74) is 0.523. The van der Waals surface area contributed by atoms with Gasteiger partial charge in [-0.25, -0.2) is 14.6 Å². The number of methoxy groups -OCH3 is 1. The monoisotopic (exact) mass is 716 g/mol. The van der Waals surface area contributed by atoms with E-state index >= 15 is 0 Å². The average Bonchev–Trinajstić information content (AvgIpc) is 3.77. The molecule has 3 fully saturated rings. The lowest BCUT2D eigenvalue weighted by molar-refractivity contribution is -0.145. The Morgan fingerprint density at radius 1 is 1.02 bits per heavy atom. The van der Waals surface area contributed by atoms with Gasteiger partial charge in [-0.1, -0.05) is 37.8 Å². The molecule has 5 atom stereocenters. The predicted octanol–water partition coefficient (Wildman–Crippen LogP) is 4.31. The fraction of sp³-hybridized carbons (Fsp3) is 0.528. The number of rotatable bonds is 7. The van der Waals surface area contributed by atoms with Crippen LogP contribution in [-0.4, -0.2) is 91.1 Å². The molecule has 2 aliphatic heterocycles. The van der Waals surface area contributed by atoms with E-state index in [1.54, 1.807) is 18.1 Å². The minimum absolute atomic E-state index is 0.0698. The summed E-state index contributed by atoms with van der Waals surface area (Å²) >= 11 is 1.42. The molecule has 4 heterocycles. The number of carboxylic acid groups (broad SMARTS) is 1. The van der Waals surface area contributed by atoms with Gasteiger partial charge in [-0.05, 0) is 62.8 Å². The average molecular weight is 717 g/mol. The summed E-state index contributed by atoms with van der Waals surface area (Å²) in [6, 6.07) is 4.74. The highest BCUT2D eigenvalue weighted by atomic mass is 32.1. The van der Waals surface area contributed by atoms with Crippen molar-refractivity contribution in [3.63, 3.8) is 0 Å². The van der Waals surface area contributed by atoms with Crippen LogP contribution in [0.5, 0.6) is 5.75 Å². The molecule has 2 aliphatic carbocycles. The number of nitrogens with one attached hydrogen (secondary N) is 3. The Balaban J connectivity index is 1.21. The SMILES string of the molecule is COc1ccc(-c2nn([C@@H]3C[C@H]4C(=O)N[C@]5(C(=O)O)C[C@@H]5/C=C\CCCCC[C@H](NC(=O)NC5CCCC5)C(=O)N4C3)nc2-c2nccs2)cc1. The van der Waals surface area contributed by atoms with Gasteiger partial charge in [0.1, 0.15) is 39.8 Å². The van der Waals surface area contributed by atoms with E-state index in [4.69, 9.17) is 14.9 Å². The van der Waals surface area contributed by atoms with Crippen LogP contribution in [0.25, 0.3) is 22.0 Å². The molecule has 0 radical (unpaired) electrons. The number of aromatic nitrogens is 4. The van der Waals surface area contributed by atoms with Crippen molar-refractivity contribution in [3.8, 4) is 27.7 Å². The number of ether oxygens (including phenoxy) is 1. The number of benzene rings is 1. The molecule has 2 aromatic heterocycles. The number of aliphatic carboxylic acids is 1. The van der Waals surface area contributed by atoms with Gasteiger partial charge in [0.2, 0.25) is 11.8 Å². The highest BCUT2D eigenvalue weighted by molar-refractivity contribution is 7.13. The Bertz CT molecular complexity index is 1770. The maximum absolute atomic E-state index is 14.5. The van der Waals surface area contributed by atoms with Gasteiger partial charge in [-0.3, -0.25) is 9.59 Å². The molecular weight excluding hydrogens is 673 g/mol. The Labute approximate surface area is 300 Å². The molecule has 3 aromatic rings. The maximum atomic E-state index is 14.5. The fourth-order valence-electron chi connectivity index (χ4n) is 7.61. The van der Waals surface area contributed by atoms with E-state index in [9.17, 15) is 24.3 Å². The second-order valence-corrected chi connectivity index (χ2v) is 14.9. The second-order valence-electron chi connectivity index (χ2n) is 14.0. The quantitative estimate of drug-likeness (QED) is 0.259. The molecule has 51 heavy (non-hydrogen) atoms. The maximum Gasteiger partial charge on any atom is 0.330 e. The summed E-state index contributed by atoms with van der Waals surface area (Å²) in [6.07, 6.45) is 13.5. The van der Waals surface area contributed by atoms with Gasteiger partial charge in [-0.2, -0.15) is 9.90 Å². The number of hydrogen-bond acceptors (Lipinski definition) is 9. The molecule has 14 nitrogen and oxygen atoms in total. The van der Waals surface area contributed by atoms with E-state index < -0.39 is 41.6 Å². The zero-order valence-corrected chi connectivity index (χ0v) is 29.4. The normalized spacial score (nSPS) is 27.7. The van der Waals surface area contributed by atoms with Crippen LogP contribution >= 0.6 is 11.3 Å². The van der Waals surface area contributed by atoms with Gasteiger partial charge in [0, 0.05) is 42.1 Å². The zero-order chi connectivity index (χ0) is 35.5. The Morgan fingerprint density at radius 3 is 2.51 bits per heavy atom. The van der Waals surface area contributed by atoms with Crippen LogP contribution < -0.4 is 20.7 Å². The number of hydrogen-bond donors (Lipinski definition) is 4. The minimum atomic E-state index is -1.43. The smallest absolute Gasteiger partial charge is 0.330 e. The first-order valence-corrected chi connectivity index (χ1v) is 18.7. The van der Waals surface area contributed by atoms with Crippen LogP contribution in [-0.2, 0) is 14.4 Å². The molecule has 0 bridgehead atoms. The molecule has 270 valence electrons. The third-order valence-electron chi connectivity index (χ3n) is 10.6. The standard InChI is InChI=1S/C36H44N8O6S/c1-50-26-15-13-22(14-16-26)29-30(32-37-17-18-51-32)42-44(41-29)25-19-28-31(45)40-36(34(47)48)20-23(36)9-5-3-2-4-6-12-27(33(46)43(28)21-25)39-35(49)38-24-10-7-8-11-24/h5,9,13-18,23-25,27-28H,2-4,6-8,10-12,19-21H2,1H3,(H,40,45)(H,47,48)(H2,38,39,49)/b9-5-/t23-,25+,27-,28-,36+/m0/s1. The van der Waals surface area contributed by atoms with E-state index in [1.165, 1.54) is 16.2 Å². The molecule has 7 rings (SSSR count). The van der Waals surface area contributed by atoms with Gasteiger partial charge >= 0.3 is 12.0 Å². The number of carbonyl (C=O) groups excluding carboxylic acids is 3. The number of carboxylic acids is 1. The van der Waals surface area contributed by atoms with Crippen molar-refractivity contribution in [1.29, 1.82) is 0 Å². The van der Waals surface area contributed by atoms with E-state index in [-0.39, 0.29) is 37.3 Å². The van der Waals surface area contributed by atoms with Crippen molar-refractivity contribution in [2.24, 2.45) is 5.92 Å². The molecule has 4 aliphatic rings. The lowest BCUT2D eigenvalue weighted by Crippen LogP contribution is -2.57. The summed E-state index contributed by atoms with van der Waals surface area (Å²) in [4.78, 5) is 61.9. The van der Waals surface area contributed by atoms with Crippen molar-refractivity contribution >= 4 is 35.2 Å². The molecule has 1 aromatic carbocycles. The van der Waals surface area contributed by atoms with Crippen LogP contribution in [0.4, 0.5) is 4.79 Å². The van der Waals surface area contributed by atoms with Crippen LogP contribution in [0.2, 0.25) is 0 Å². The van der Waals surface area contributed by atoms with E-state index in [0.29, 0.717) is 35.0 Å². The molecule has 0 spiro atoms. The first-order chi connectivity index (χ1) is 24.8. The Hall–Kier alpha value is -4.79. The number of nitrogens with zero attached hydrogens (tertiary/aromatic N) is 5. The zero-order valence-electron chi connectivity index (χ0n) is 28.6. The van der Waals surface area contributed by atoms with Gasteiger partial charge in [0.25, 0.3) is 0 Å². The van der Waals surface area contributed by atoms with Crippen LogP contribution in [0.3, 0.4) is 0 Å². The third-order valence-corrected chi connectivity index (χ3v) is 11.4. The van der Waals surface area contributed by atoms with E-state index in [0.717, 1.165) is 50.5 Å². The summed E-state index contributed by atoms with van der Waals surface area (Å²) < 4.78 is 5.34. The number of amides is 4. The molecule has 0 unspecified atom stereocenters. The Morgan fingerprint density at radius 2 is 1.78 bits per heavy atom. The van der Waals surface area contributed by atoms with Crippen molar-refractivity contribution in [2.45, 2.75) is 100 Å². The second kappa shape index (κ2) is 14.8. The number of thiazole rings is 1. The number of carbonyl (C=O) groups is 4. The summed E-state index contributed by atoms with van der Waals surface area (Å²) in [5.74, 6) is -1.67. The molecule has 2 saturated carbocycles. The minimum Gasteiger partial charge on any atom is -0.497 e. The van der Waals surface area contributed by atoms with Crippen molar-refractivity contribution in [3.05, 3.63) is 48.0 Å². The highest BCUT2D eigenvalue weighted by Crippen LogP contribution is 2.46. The number of urea groups is 1. The first-order valence-electron chi connectivity index (χ1n) is 17.9. The van der Waals surface area contributed by atoms with Crippen LogP contribution in [0.15, 0.2) is 48.0 Å². The largest absolute Gasteiger partial charge is 0.497 e. The predicted molar refractivity (Wildman–Crippen MR) is 189 cm³/mol.